The van der Waals surface area contributed by atoms with Crippen LogP contribution in [-0.2, 0) is 17.6 Å². The van der Waals surface area contributed by atoms with Gasteiger partial charge in [-0.3, -0.25) is 9.59 Å². The van der Waals surface area contributed by atoms with Gasteiger partial charge in [-0.15, -0.1) is 11.3 Å². The third kappa shape index (κ3) is 4.17. The van der Waals surface area contributed by atoms with E-state index in [-0.39, 0.29) is 17.7 Å². The van der Waals surface area contributed by atoms with Crippen molar-refractivity contribution in [1.29, 1.82) is 5.26 Å². The van der Waals surface area contributed by atoms with Crippen molar-refractivity contribution >= 4 is 39.8 Å². The van der Waals surface area contributed by atoms with Crippen molar-refractivity contribution < 1.29 is 9.59 Å². The van der Waals surface area contributed by atoms with Crippen molar-refractivity contribution in [3.8, 4) is 6.07 Å². The van der Waals surface area contributed by atoms with Gasteiger partial charge in [0.05, 0.1) is 11.5 Å². The lowest BCUT2D eigenvalue weighted by molar-refractivity contribution is -0.121. The number of piperidine rings is 1. The molecule has 1 saturated heterocycles. The molecular weight excluding hydrogens is 406 g/mol. The standard InChI is InChI=1S/C22H22ClN3O2S/c23-16-9-7-14(8-10-16)22(28)26-11-3-4-15(13-26)20(27)25-21-18(12-24)17-5-1-2-6-19(17)29-21/h7-10,15H,1-6,11,13H2,(H,25,27)/t15-/m1/s1. The number of carbonyl (C=O) groups is 2. The second kappa shape index (κ2) is 8.56. The Balaban J connectivity index is 1.45. The molecule has 1 aromatic carbocycles. The lowest BCUT2D eigenvalue weighted by Gasteiger charge is -2.32. The number of likely N-dealkylation sites (tertiary alicyclic amines) is 1. The summed E-state index contributed by atoms with van der Waals surface area (Å²) in [5.74, 6) is -0.456. The molecule has 1 fully saturated rings. The molecule has 29 heavy (non-hydrogen) atoms. The molecule has 0 spiro atoms. The Kier molecular flexibility index (Phi) is 5.89. The van der Waals surface area contributed by atoms with Gasteiger partial charge in [0.2, 0.25) is 5.91 Å². The van der Waals surface area contributed by atoms with E-state index in [4.69, 9.17) is 11.6 Å². The molecule has 1 aliphatic carbocycles. The van der Waals surface area contributed by atoms with E-state index in [2.05, 4.69) is 11.4 Å². The molecule has 0 bridgehead atoms. The zero-order valence-corrected chi connectivity index (χ0v) is 17.6. The number of anilines is 1. The van der Waals surface area contributed by atoms with Crippen LogP contribution in [0.2, 0.25) is 5.02 Å². The van der Waals surface area contributed by atoms with Crippen LogP contribution in [0.1, 0.15) is 52.0 Å². The quantitative estimate of drug-likeness (QED) is 0.775. The van der Waals surface area contributed by atoms with Gasteiger partial charge in [0.1, 0.15) is 11.1 Å². The first-order valence-corrected chi connectivity index (χ1v) is 11.2. The highest BCUT2D eigenvalue weighted by Gasteiger charge is 2.30. The number of hydrogen-bond donors (Lipinski definition) is 1. The van der Waals surface area contributed by atoms with E-state index in [0.29, 0.717) is 34.2 Å². The molecule has 5 nitrogen and oxygen atoms in total. The van der Waals surface area contributed by atoms with Crippen LogP contribution in [0.25, 0.3) is 0 Å². The highest BCUT2D eigenvalue weighted by molar-refractivity contribution is 7.16. The summed E-state index contributed by atoms with van der Waals surface area (Å²) < 4.78 is 0. The molecule has 150 valence electrons. The van der Waals surface area contributed by atoms with Crippen LogP contribution in [0.4, 0.5) is 5.00 Å². The number of nitrogens with one attached hydrogen (secondary N) is 1. The molecule has 0 unspecified atom stereocenters. The fourth-order valence-electron chi connectivity index (χ4n) is 4.14. The third-order valence-corrected chi connectivity index (χ3v) is 7.15. The molecule has 2 aromatic rings. The van der Waals surface area contributed by atoms with E-state index in [9.17, 15) is 14.9 Å². The molecule has 7 heteroatoms. The molecule has 4 rings (SSSR count). The Morgan fingerprint density at radius 1 is 1.17 bits per heavy atom. The van der Waals surface area contributed by atoms with Crippen molar-refractivity contribution in [3.05, 3.63) is 50.9 Å². The molecule has 1 aromatic heterocycles. The number of aryl methyl sites for hydroxylation is 1. The second-order valence-corrected chi connectivity index (χ2v) is 9.15. The maximum absolute atomic E-state index is 12.9. The van der Waals surface area contributed by atoms with E-state index in [1.807, 2.05) is 0 Å². The van der Waals surface area contributed by atoms with Gasteiger partial charge in [0.15, 0.2) is 0 Å². The first-order chi connectivity index (χ1) is 14.1. The number of rotatable bonds is 3. The van der Waals surface area contributed by atoms with Crippen molar-refractivity contribution in [2.24, 2.45) is 5.92 Å². The minimum atomic E-state index is -0.273. The summed E-state index contributed by atoms with van der Waals surface area (Å²) in [7, 11) is 0. The summed E-state index contributed by atoms with van der Waals surface area (Å²) in [4.78, 5) is 28.7. The molecule has 0 saturated carbocycles. The number of nitriles is 1. The summed E-state index contributed by atoms with van der Waals surface area (Å²) in [5.41, 5.74) is 2.32. The van der Waals surface area contributed by atoms with Crippen molar-refractivity contribution in [2.45, 2.75) is 38.5 Å². The van der Waals surface area contributed by atoms with Gasteiger partial charge in [-0.2, -0.15) is 5.26 Å². The van der Waals surface area contributed by atoms with Gasteiger partial charge >= 0.3 is 0 Å². The largest absolute Gasteiger partial charge is 0.338 e. The van der Waals surface area contributed by atoms with Gasteiger partial charge in [0, 0.05) is 28.6 Å². The zero-order valence-electron chi connectivity index (χ0n) is 16.0. The van der Waals surface area contributed by atoms with Crippen LogP contribution in [-0.4, -0.2) is 29.8 Å². The van der Waals surface area contributed by atoms with Crippen molar-refractivity contribution in [1.82, 2.24) is 4.90 Å². The van der Waals surface area contributed by atoms with Gasteiger partial charge < -0.3 is 10.2 Å². The third-order valence-electron chi connectivity index (χ3n) is 5.69. The average molecular weight is 428 g/mol. The van der Waals surface area contributed by atoms with E-state index in [1.54, 1.807) is 29.2 Å². The number of nitrogens with zero attached hydrogens (tertiary/aromatic N) is 2. The summed E-state index contributed by atoms with van der Waals surface area (Å²) >= 11 is 7.44. The maximum Gasteiger partial charge on any atom is 0.253 e. The Bertz CT molecular complexity index is 977. The van der Waals surface area contributed by atoms with Gasteiger partial charge in [0.25, 0.3) is 5.91 Å². The van der Waals surface area contributed by atoms with Gasteiger partial charge in [-0.25, -0.2) is 0 Å². The number of fused-ring (bicyclic) bond motifs is 1. The monoisotopic (exact) mass is 427 g/mol. The highest BCUT2D eigenvalue weighted by Crippen LogP contribution is 2.38. The van der Waals surface area contributed by atoms with Crippen LogP contribution in [0.3, 0.4) is 0 Å². The Labute approximate surface area is 179 Å². The molecule has 2 heterocycles. The van der Waals surface area contributed by atoms with Crippen LogP contribution in [0.5, 0.6) is 0 Å². The predicted octanol–water partition coefficient (Wildman–Crippen LogP) is 4.64. The van der Waals surface area contributed by atoms with Gasteiger partial charge in [-0.05, 0) is 68.4 Å². The predicted molar refractivity (Wildman–Crippen MR) is 114 cm³/mol. The van der Waals surface area contributed by atoms with E-state index in [1.165, 1.54) is 16.2 Å². The van der Waals surface area contributed by atoms with Crippen molar-refractivity contribution in [3.63, 3.8) is 0 Å². The van der Waals surface area contributed by atoms with Crippen LogP contribution in [0.15, 0.2) is 24.3 Å². The minimum Gasteiger partial charge on any atom is -0.338 e. The summed E-state index contributed by atoms with van der Waals surface area (Å²) in [6.45, 7) is 1.03. The molecule has 0 radical (unpaired) electrons. The Morgan fingerprint density at radius 2 is 1.93 bits per heavy atom. The maximum atomic E-state index is 12.9. The topological polar surface area (TPSA) is 73.2 Å². The molecular formula is C22H22ClN3O2S. The summed E-state index contributed by atoms with van der Waals surface area (Å²) in [6, 6.07) is 9.11. The molecule has 2 aliphatic rings. The minimum absolute atomic E-state index is 0.0801. The normalized spacial score (nSPS) is 18.6. The fraction of sp³-hybridized carbons (Fsp3) is 0.409. The highest BCUT2D eigenvalue weighted by atomic mass is 35.5. The number of hydrogen-bond acceptors (Lipinski definition) is 4. The SMILES string of the molecule is N#Cc1c(NC(=O)[C@@H]2CCCN(C(=O)c3ccc(Cl)cc3)C2)sc2c1CCCC2. The Hall–Kier alpha value is -2.36. The number of benzene rings is 1. The molecule has 2 amide bonds. The average Bonchev–Trinajstić information content (AvgIpc) is 3.10. The lowest BCUT2D eigenvalue weighted by atomic mass is 9.95. The van der Waals surface area contributed by atoms with E-state index < -0.39 is 0 Å². The lowest BCUT2D eigenvalue weighted by Crippen LogP contribution is -2.43. The first kappa shape index (κ1) is 19.9. The van der Waals surface area contributed by atoms with Crippen LogP contribution >= 0.6 is 22.9 Å². The smallest absolute Gasteiger partial charge is 0.253 e. The summed E-state index contributed by atoms with van der Waals surface area (Å²) in [6.07, 6.45) is 5.65. The number of carbonyl (C=O) groups excluding carboxylic acids is 2. The van der Waals surface area contributed by atoms with E-state index in [0.717, 1.165) is 44.1 Å². The molecule has 1 atom stereocenters. The van der Waals surface area contributed by atoms with Crippen molar-refractivity contribution in [2.75, 3.05) is 18.4 Å². The molecule has 1 N–H and O–H groups in total. The van der Waals surface area contributed by atoms with Crippen LogP contribution in [0, 0.1) is 17.2 Å². The first-order valence-electron chi connectivity index (χ1n) is 9.97. The molecule has 1 aliphatic heterocycles. The Morgan fingerprint density at radius 3 is 2.69 bits per heavy atom. The fourth-order valence-corrected chi connectivity index (χ4v) is 5.51. The number of halogens is 1. The van der Waals surface area contributed by atoms with Gasteiger partial charge in [-0.1, -0.05) is 11.6 Å². The zero-order chi connectivity index (χ0) is 20.4. The second-order valence-electron chi connectivity index (χ2n) is 7.61. The summed E-state index contributed by atoms with van der Waals surface area (Å²) in [5, 5.41) is 13.8. The van der Waals surface area contributed by atoms with E-state index >= 15 is 0 Å². The van der Waals surface area contributed by atoms with Crippen LogP contribution < -0.4 is 5.32 Å². The number of thiophene rings is 1. The number of amides is 2.